The van der Waals surface area contributed by atoms with Gasteiger partial charge in [0.15, 0.2) is 0 Å². The zero-order chi connectivity index (χ0) is 15.7. The quantitative estimate of drug-likeness (QED) is 0.812. The van der Waals surface area contributed by atoms with Crippen LogP contribution in [0.3, 0.4) is 0 Å². The van der Waals surface area contributed by atoms with Crippen molar-refractivity contribution in [2.75, 3.05) is 5.32 Å². The van der Waals surface area contributed by atoms with Gasteiger partial charge in [-0.2, -0.15) is 0 Å². The van der Waals surface area contributed by atoms with E-state index >= 15 is 0 Å². The van der Waals surface area contributed by atoms with E-state index in [-0.39, 0.29) is 11.3 Å². The number of amides is 1. The van der Waals surface area contributed by atoms with Crippen molar-refractivity contribution in [1.82, 2.24) is 4.98 Å². The summed E-state index contributed by atoms with van der Waals surface area (Å²) in [6.07, 6.45) is 0. The van der Waals surface area contributed by atoms with Gasteiger partial charge in [0.05, 0.1) is 5.56 Å². The number of carbonyl (C=O) groups is 2. The van der Waals surface area contributed by atoms with Gasteiger partial charge in [0.2, 0.25) is 0 Å². The number of hydrogen-bond donors (Lipinski definition) is 3. The minimum absolute atomic E-state index is 0.0198. The van der Waals surface area contributed by atoms with Crippen LogP contribution in [0.15, 0.2) is 18.2 Å². The molecule has 0 aliphatic carbocycles. The van der Waals surface area contributed by atoms with Crippen LogP contribution in [-0.2, 0) is 0 Å². The molecule has 0 saturated heterocycles. The maximum Gasteiger partial charge on any atom is 0.352 e. The predicted molar refractivity (Wildman–Crippen MR) is 76.3 cm³/mol. The van der Waals surface area contributed by atoms with Crippen LogP contribution < -0.4 is 5.32 Å². The van der Waals surface area contributed by atoms with Crippen LogP contribution in [0.5, 0.6) is 0 Å². The van der Waals surface area contributed by atoms with Gasteiger partial charge in [0.1, 0.15) is 11.5 Å². The summed E-state index contributed by atoms with van der Waals surface area (Å²) in [7, 11) is 0. The molecule has 1 amide bonds. The second kappa shape index (κ2) is 5.40. The van der Waals surface area contributed by atoms with Gasteiger partial charge >= 0.3 is 5.97 Å². The molecule has 2 rings (SSSR count). The van der Waals surface area contributed by atoms with Crippen LogP contribution in [-0.4, -0.2) is 22.0 Å². The molecular weight excluding hydrogens is 275 g/mol. The minimum atomic E-state index is -1.13. The fourth-order valence-corrected chi connectivity index (χ4v) is 2.22. The number of aryl methyl sites for hydroxylation is 2. The summed E-state index contributed by atoms with van der Waals surface area (Å²) in [5.41, 5.74) is 2.12. The standard InChI is InChI=1S/C15H15FN2O3/c1-7-4-5-10(16)6-11(7)18-14(19)12-8(2)13(15(20)21)17-9(12)3/h4-6,17H,1-3H3,(H,18,19)(H,20,21). The average molecular weight is 290 g/mol. The number of aromatic amines is 1. The highest BCUT2D eigenvalue weighted by Gasteiger charge is 2.21. The van der Waals surface area contributed by atoms with Crippen LogP contribution in [0.25, 0.3) is 0 Å². The molecule has 6 heteroatoms. The Morgan fingerprint density at radius 2 is 1.90 bits per heavy atom. The highest BCUT2D eigenvalue weighted by Crippen LogP contribution is 2.21. The van der Waals surface area contributed by atoms with E-state index in [9.17, 15) is 14.0 Å². The SMILES string of the molecule is Cc1ccc(F)cc1NC(=O)c1c(C)[nH]c(C(=O)O)c1C. The Balaban J connectivity index is 2.37. The summed E-state index contributed by atoms with van der Waals surface area (Å²) in [6, 6.07) is 4.09. The normalized spacial score (nSPS) is 10.5. The Kier molecular flexibility index (Phi) is 3.80. The van der Waals surface area contributed by atoms with E-state index in [1.165, 1.54) is 12.1 Å². The lowest BCUT2D eigenvalue weighted by atomic mass is 10.1. The number of aromatic nitrogens is 1. The third-order valence-corrected chi connectivity index (χ3v) is 3.33. The summed E-state index contributed by atoms with van der Waals surface area (Å²) < 4.78 is 13.2. The van der Waals surface area contributed by atoms with Crippen LogP contribution in [0.4, 0.5) is 10.1 Å². The highest BCUT2D eigenvalue weighted by atomic mass is 19.1. The molecule has 1 heterocycles. The van der Waals surface area contributed by atoms with E-state index < -0.39 is 17.7 Å². The average Bonchev–Trinajstić information content (AvgIpc) is 2.69. The largest absolute Gasteiger partial charge is 0.477 e. The highest BCUT2D eigenvalue weighted by molar-refractivity contribution is 6.08. The molecule has 0 bridgehead atoms. The number of halogens is 1. The van der Waals surface area contributed by atoms with Crippen molar-refractivity contribution in [3.05, 3.63) is 52.1 Å². The summed E-state index contributed by atoms with van der Waals surface area (Å²) in [6.45, 7) is 4.92. The van der Waals surface area contributed by atoms with Crippen molar-refractivity contribution in [3.63, 3.8) is 0 Å². The van der Waals surface area contributed by atoms with Crippen molar-refractivity contribution >= 4 is 17.6 Å². The lowest BCUT2D eigenvalue weighted by Crippen LogP contribution is -2.15. The van der Waals surface area contributed by atoms with Gasteiger partial charge in [-0.05, 0) is 44.0 Å². The molecule has 0 atom stereocenters. The van der Waals surface area contributed by atoms with E-state index in [0.717, 1.165) is 0 Å². The summed E-state index contributed by atoms with van der Waals surface area (Å²) in [5, 5.41) is 11.7. The van der Waals surface area contributed by atoms with Crippen molar-refractivity contribution in [2.45, 2.75) is 20.8 Å². The van der Waals surface area contributed by atoms with E-state index in [4.69, 9.17) is 5.11 Å². The van der Waals surface area contributed by atoms with Gasteiger partial charge in [0, 0.05) is 11.4 Å². The molecule has 5 nitrogen and oxygen atoms in total. The second-order valence-electron chi connectivity index (χ2n) is 4.84. The molecule has 0 unspecified atom stereocenters. The van der Waals surface area contributed by atoms with Crippen LogP contribution in [0.2, 0.25) is 0 Å². The molecule has 0 fully saturated rings. The third-order valence-electron chi connectivity index (χ3n) is 3.33. The lowest BCUT2D eigenvalue weighted by molar-refractivity contribution is 0.0690. The first-order chi connectivity index (χ1) is 9.81. The summed E-state index contributed by atoms with van der Waals surface area (Å²) in [4.78, 5) is 26.0. The number of carbonyl (C=O) groups excluding carboxylic acids is 1. The Bertz CT molecular complexity index is 735. The van der Waals surface area contributed by atoms with Crippen LogP contribution >= 0.6 is 0 Å². The number of rotatable bonds is 3. The number of benzene rings is 1. The lowest BCUT2D eigenvalue weighted by Gasteiger charge is -2.09. The molecule has 0 aliphatic heterocycles. The zero-order valence-electron chi connectivity index (χ0n) is 11.9. The van der Waals surface area contributed by atoms with Gasteiger partial charge < -0.3 is 15.4 Å². The molecule has 1 aromatic heterocycles. The first-order valence-corrected chi connectivity index (χ1v) is 6.31. The number of anilines is 1. The van der Waals surface area contributed by atoms with Crippen molar-refractivity contribution < 1.29 is 19.1 Å². The molecule has 0 aliphatic rings. The van der Waals surface area contributed by atoms with E-state index in [1.54, 1.807) is 26.8 Å². The monoisotopic (exact) mass is 290 g/mol. The fraction of sp³-hybridized carbons (Fsp3) is 0.200. The van der Waals surface area contributed by atoms with Crippen molar-refractivity contribution in [1.29, 1.82) is 0 Å². The molecule has 0 spiro atoms. The van der Waals surface area contributed by atoms with Crippen molar-refractivity contribution in [2.24, 2.45) is 0 Å². The molecule has 21 heavy (non-hydrogen) atoms. The molecule has 0 radical (unpaired) electrons. The van der Waals surface area contributed by atoms with Gasteiger partial charge in [-0.15, -0.1) is 0 Å². The molecule has 3 N–H and O–H groups in total. The Hall–Kier alpha value is -2.63. The zero-order valence-corrected chi connectivity index (χ0v) is 11.9. The molecular formula is C15H15FN2O3. The van der Waals surface area contributed by atoms with Crippen molar-refractivity contribution in [3.8, 4) is 0 Å². The van der Waals surface area contributed by atoms with Gasteiger partial charge in [-0.3, -0.25) is 4.79 Å². The number of carboxylic acids is 1. The third kappa shape index (κ3) is 2.79. The van der Waals surface area contributed by atoms with Gasteiger partial charge in [0.25, 0.3) is 5.91 Å². The molecule has 1 aromatic carbocycles. The first kappa shape index (κ1) is 14.8. The Labute approximate surface area is 120 Å². The minimum Gasteiger partial charge on any atom is -0.477 e. The fourth-order valence-electron chi connectivity index (χ4n) is 2.22. The van der Waals surface area contributed by atoms with Crippen LogP contribution in [0.1, 0.15) is 37.7 Å². The molecule has 110 valence electrons. The van der Waals surface area contributed by atoms with Gasteiger partial charge in [-0.25, -0.2) is 9.18 Å². The maximum absolute atomic E-state index is 13.2. The molecule has 2 aromatic rings. The maximum atomic E-state index is 13.2. The van der Waals surface area contributed by atoms with Crippen LogP contribution in [0, 0.1) is 26.6 Å². The topological polar surface area (TPSA) is 82.2 Å². The summed E-state index contributed by atoms with van der Waals surface area (Å²) in [5.74, 6) is -2.05. The van der Waals surface area contributed by atoms with Gasteiger partial charge in [-0.1, -0.05) is 6.07 Å². The summed E-state index contributed by atoms with van der Waals surface area (Å²) >= 11 is 0. The Morgan fingerprint density at radius 3 is 2.48 bits per heavy atom. The van der Waals surface area contributed by atoms with E-state index in [1.807, 2.05) is 0 Å². The number of hydrogen-bond acceptors (Lipinski definition) is 2. The number of aromatic carboxylic acids is 1. The smallest absolute Gasteiger partial charge is 0.352 e. The second-order valence-corrected chi connectivity index (χ2v) is 4.84. The molecule has 0 saturated carbocycles. The number of carboxylic acid groups (broad SMARTS) is 1. The first-order valence-electron chi connectivity index (χ1n) is 6.31. The van der Waals surface area contributed by atoms with E-state index in [0.29, 0.717) is 22.5 Å². The number of nitrogens with one attached hydrogen (secondary N) is 2. The Morgan fingerprint density at radius 1 is 1.24 bits per heavy atom. The number of H-pyrrole nitrogens is 1. The predicted octanol–water partition coefficient (Wildman–Crippen LogP) is 3.03. The van der Waals surface area contributed by atoms with E-state index in [2.05, 4.69) is 10.3 Å².